The summed E-state index contributed by atoms with van der Waals surface area (Å²) in [6.07, 6.45) is 0.981. The van der Waals surface area contributed by atoms with E-state index in [1.165, 1.54) is 12.1 Å². The minimum Gasteiger partial charge on any atom is -0.307 e. The highest BCUT2D eigenvalue weighted by atomic mass is 19.3. The smallest absolute Gasteiger partial charge is 0.263 e. The van der Waals surface area contributed by atoms with Crippen LogP contribution in [0.2, 0.25) is 0 Å². The monoisotopic (exact) mass is 263 g/mol. The van der Waals surface area contributed by atoms with Gasteiger partial charge in [0.1, 0.15) is 0 Å². The summed E-state index contributed by atoms with van der Waals surface area (Å²) in [6.45, 7) is 2.96. The van der Waals surface area contributed by atoms with E-state index in [9.17, 15) is 8.78 Å². The highest BCUT2D eigenvalue weighted by Crippen LogP contribution is 2.19. The third-order valence-electron chi connectivity index (χ3n) is 2.67. The van der Waals surface area contributed by atoms with Crippen LogP contribution in [0.3, 0.4) is 0 Å². The molecular formula is C14H15F2N3. The van der Waals surface area contributed by atoms with Crippen LogP contribution in [0.1, 0.15) is 28.9 Å². The average molecular weight is 263 g/mol. The molecule has 0 radical (unpaired) electrons. The maximum Gasteiger partial charge on any atom is 0.263 e. The van der Waals surface area contributed by atoms with E-state index in [-0.39, 0.29) is 5.56 Å². The summed E-state index contributed by atoms with van der Waals surface area (Å²) in [7, 11) is 0. The first-order valence-electron chi connectivity index (χ1n) is 6.00. The summed E-state index contributed by atoms with van der Waals surface area (Å²) in [6, 6.07) is 6.40. The van der Waals surface area contributed by atoms with E-state index < -0.39 is 6.43 Å². The number of benzene rings is 1. The first-order chi connectivity index (χ1) is 9.15. The average Bonchev–Trinajstić information content (AvgIpc) is 2.41. The van der Waals surface area contributed by atoms with Gasteiger partial charge in [0, 0.05) is 31.0 Å². The number of rotatable bonds is 5. The van der Waals surface area contributed by atoms with Crippen LogP contribution >= 0.6 is 0 Å². The Bertz CT molecular complexity index is 526. The van der Waals surface area contributed by atoms with E-state index in [1.807, 2.05) is 13.0 Å². The minimum absolute atomic E-state index is 0.0504. The van der Waals surface area contributed by atoms with Crippen LogP contribution in [0.15, 0.2) is 36.7 Å². The molecule has 100 valence electrons. The van der Waals surface area contributed by atoms with Crippen molar-refractivity contribution in [3.05, 3.63) is 59.2 Å². The predicted molar refractivity (Wildman–Crippen MR) is 68.7 cm³/mol. The second-order valence-corrected chi connectivity index (χ2v) is 4.30. The lowest BCUT2D eigenvalue weighted by molar-refractivity contribution is 0.151. The summed E-state index contributed by atoms with van der Waals surface area (Å²) >= 11 is 0. The van der Waals surface area contributed by atoms with Crippen molar-refractivity contribution in [2.45, 2.75) is 26.4 Å². The van der Waals surface area contributed by atoms with E-state index >= 15 is 0 Å². The Hall–Kier alpha value is -1.88. The molecule has 19 heavy (non-hydrogen) atoms. The summed E-state index contributed by atoms with van der Waals surface area (Å²) in [4.78, 5) is 8.35. The van der Waals surface area contributed by atoms with Gasteiger partial charge in [0.25, 0.3) is 6.43 Å². The van der Waals surface area contributed by atoms with Gasteiger partial charge >= 0.3 is 0 Å². The molecule has 0 bridgehead atoms. The van der Waals surface area contributed by atoms with Crippen LogP contribution in [0.4, 0.5) is 8.78 Å². The largest absolute Gasteiger partial charge is 0.307 e. The van der Waals surface area contributed by atoms with E-state index in [4.69, 9.17) is 0 Å². The van der Waals surface area contributed by atoms with Crippen LogP contribution in [-0.4, -0.2) is 9.97 Å². The number of nitrogens with one attached hydrogen (secondary N) is 1. The fraction of sp³-hybridized carbons (Fsp3) is 0.286. The molecule has 3 nitrogen and oxygen atoms in total. The number of halogens is 2. The first-order valence-corrected chi connectivity index (χ1v) is 6.00. The lowest BCUT2D eigenvalue weighted by atomic mass is 10.1. The van der Waals surface area contributed by atoms with Gasteiger partial charge in [-0.05, 0) is 18.6 Å². The number of alkyl halides is 2. The standard InChI is InChI=1S/C14H15F2N3/c1-10-6-19-13(9-18-10)8-17-7-11-3-2-4-12(5-11)14(15)16/h2-6,9,14,17H,7-8H2,1H3. The van der Waals surface area contributed by atoms with Gasteiger partial charge in [0.05, 0.1) is 11.4 Å². The van der Waals surface area contributed by atoms with Gasteiger partial charge in [-0.1, -0.05) is 18.2 Å². The Morgan fingerprint density at radius 2 is 2.00 bits per heavy atom. The van der Waals surface area contributed by atoms with E-state index in [0.717, 1.165) is 17.0 Å². The third kappa shape index (κ3) is 4.06. The molecule has 0 saturated carbocycles. The number of hydrogen-bond acceptors (Lipinski definition) is 3. The maximum atomic E-state index is 12.5. The molecule has 0 aliphatic carbocycles. The number of nitrogens with zero attached hydrogens (tertiary/aromatic N) is 2. The van der Waals surface area contributed by atoms with Crippen molar-refractivity contribution < 1.29 is 8.78 Å². The highest BCUT2D eigenvalue weighted by molar-refractivity contribution is 5.24. The van der Waals surface area contributed by atoms with Crippen molar-refractivity contribution in [1.82, 2.24) is 15.3 Å². The lowest BCUT2D eigenvalue weighted by Gasteiger charge is -2.06. The summed E-state index contributed by atoms with van der Waals surface area (Å²) in [5.74, 6) is 0. The minimum atomic E-state index is -2.43. The molecule has 1 aromatic carbocycles. The normalized spacial score (nSPS) is 10.9. The van der Waals surface area contributed by atoms with E-state index in [2.05, 4.69) is 15.3 Å². The highest BCUT2D eigenvalue weighted by Gasteiger charge is 2.06. The second-order valence-electron chi connectivity index (χ2n) is 4.30. The third-order valence-corrected chi connectivity index (χ3v) is 2.67. The molecule has 0 aliphatic rings. The molecule has 5 heteroatoms. The summed E-state index contributed by atoms with van der Waals surface area (Å²) in [5, 5.41) is 3.16. The number of hydrogen-bond donors (Lipinski definition) is 1. The molecule has 1 N–H and O–H groups in total. The molecule has 0 unspecified atom stereocenters. The van der Waals surface area contributed by atoms with Crippen LogP contribution in [0, 0.1) is 6.92 Å². The van der Waals surface area contributed by atoms with Crippen LogP contribution in [-0.2, 0) is 13.1 Å². The van der Waals surface area contributed by atoms with Crippen LogP contribution in [0.25, 0.3) is 0 Å². The van der Waals surface area contributed by atoms with Gasteiger partial charge in [-0.2, -0.15) is 0 Å². The lowest BCUT2D eigenvalue weighted by Crippen LogP contribution is -2.14. The fourth-order valence-corrected chi connectivity index (χ4v) is 1.68. The Morgan fingerprint density at radius 1 is 1.16 bits per heavy atom. The molecule has 0 saturated heterocycles. The number of aryl methyl sites for hydroxylation is 1. The van der Waals surface area contributed by atoms with Crippen molar-refractivity contribution in [1.29, 1.82) is 0 Å². The van der Waals surface area contributed by atoms with Crippen molar-refractivity contribution in [2.75, 3.05) is 0 Å². The van der Waals surface area contributed by atoms with Crippen molar-refractivity contribution >= 4 is 0 Å². The Balaban J connectivity index is 1.88. The quantitative estimate of drug-likeness (QED) is 0.901. The summed E-state index contributed by atoms with van der Waals surface area (Å²) in [5.41, 5.74) is 2.58. The molecule has 0 fully saturated rings. The van der Waals surface area contributed by atoms with Gasteiger partial charge < -0.3 is 5.32 Å². The summed E-state index contributed by atoms with van der Waals surface area (Å²) < 4.78 is 25.1. The van der Waals surface area contributed by atoms with E-state index in [0.29, 0.717) is 13.1 Å². The van der Waals surface area contributed by atoms with Gasteiger partial charge in [0.2, 0.25) is 0 Å². The molecule has 1 aromatic heterocycles. The molecule has 0 amide bonds. The van der Waals surface area contributed by atoms with E-state index in [1.54, 1.807) is 18.5 Å². The van der Waals surface area contributed by atoms with Crippen molar-refractivity contribution in [3.8, 4) is 0 Å². The number of aromatic nitrogens is 2. The van der Waals surface area contributed by atoms with Crippen molar-refractivity contribution in [3.63, 3.8) is 0 Å². The van der Waals surface area contributed by atoms with Gasteiger partial charge in [-0.3, -0.25) is 9.97 Å². The Morgan fingerprint density at radius 3 is 2.68 bits per heavy atom. The van der Waals surface area contributed by atoms with Gasteiger partial charge in [-0.25, -0.2) is 8.78 Å². The zero-order valence-corrected chi connectivity index (χ0v) is 10.6. The van der Waals surface area contributed by atoms with Gasteiger partial charge in [-0.15, -0.1) is 0 Å². The van der Waals surface area contributed by atoms with Gasteiger partial charge in [0.15, 0.2) is 0 Å². The zero-order chi connectivity index (χ0) is 13.7. The van der Waals surface area contributed by atoms with Crippen LogP contribution < -0.4 is 5.32 Å². The SMILES string of the molecule is Cc1cnc(CNCc2cccc(C(F)F)c2)cn1. The molecule has 1 heterocycles. The predicted octanol–water partition coefficient (Wildman–Crippen LogP) is 3.01. The Kier molecular flexibility index (Phi) is 4.52. The molecule has 0 aliphatic heterocycles. The second kappa shape index (κ2) is 6.33. The molecule has 0 atom stereocenters. The zero-order valence-electron chi connectivity index (χ0n) is 10.6. The fourth-order valence-electron chi connectivity index (χ4n) is 1.68. The van der Waals surface area contributed by atoms with Crippen LogP contribution in [0.5, 0.6) is 0 Å². The first kappa shape index (κ1) is 13.5. The molecule has 0 spiro atoms. The van der Waals surface area contributed by atoms with Crippen molar-refractivity contribution in [2.24, 2.45) is 0 Å². The Labute approximate surface area is 110 Å². The topological polar surface area (TPSA) is 37.8 Å². The molecule has 2 aromatic rings. The molecule has 2 rings (SSSR count). The molecular weight excluding hydrogens is 248 g/mol. The maximum absolute atomic E-state index is 12.5.